The van der Waals surface area contributed by atoms with E-state index in [-0.39, 0.29) is 11.7 Å². The van der Waals surface area contributed by atoms with E-state index in [2.05, 4.69) is 11.9 Å². The van der Waals surface area contributed by atoms with Gasteiger partial charge in [0, 0.05) is 18.4 Å². The predicted molar refractivity (Wildman–Crippen MR) is 72.3 cm³/mol. The van der Waals surface area contributed by atoms with Gasteiger partial charge in [-0.1, -0.05) is 19.8 Å². The highest BCUT2D eigenvalue weighted by Crippen LogP contribution is 2.37. The molecular weight excluding hydrogens is 226 g/mol. The van der Waals surface area contributed by atoms with Crippen molar-refractivity contribution in [3.05, 3.63) is 28.9 Å². The van der Waals surface area contributed by atoms with Crippen molar-refractivity contribution < 1.29 is 0 Å². The first kappa shape index (κ1) is 13.3. The van der Waals surface area contributed by atoms with E-state index in [0.29, 0.717) is 12.5 Å². The van der Waals surface area contributed by atoms with E-state index in [9.17, 15) is 4.79 Å². The lowest BCUT2D eigenvalue weighted by Gasteiger charge is -2.36. The van der Waals surface area contributed by atoms with Crippen molar-refractivity contribution >= 4 is 0 Å². The molecule has 0 radical (unpaired) electrons. The smallest absolute Gasteiger partial charge is 0.330 e. The van der Waals surface area contributed by atoms with E-state index in [0.717, 1.165) is 18.8 Å². The third kappa shape index (κ3) is 2.80. The summed E-state index contributed by atoms with van der Waals surface area (Å²) < 4.78 is 1.79. The summed E-state index contributed by atoms with van der Waals surface area (Å²) in [5.74, 6) is 1.15. The lowest BCUT2D eigenvalue weighted by Crippen LogP contribution is -2.37. The van der Waals surface area contributed by atoms with Crippen LogP contribution in [0.15, 0.2) is 23.3 Å². The molecule has 1 fully saturated rings. The Labute approximate surface area is 108 Å². The largest absolute Gasteiger partial charge is 0.347 e. The Morgan fingerprint density at radius 2 is 2.33 bits per heavy atom. The Balaban J connectivity index is 2.21. The van der Waals surface area contributed by atoms with Gasteiger partial charge in [-0.25, -0.2) is 9.78 Å². The molecule has 0 spiro atoms. The first-order valence-corrected chi connectivity index (χ1v) is 6.99. The molecule has 1 aromatic rings. The molecule has 3 atom stereocenters. The van der Waals surface area contributed by atoms with E-state index in [1.807, 2.05) is 12.3 Å². The second-order valence-electron chi connectivity index (χ2n) is 5.34. The second-order valence-corrected chi connectivity index (χ2v) is 5.34. The number of rotatable bonds is 4. The highest BCUT2D eigenvalue weighted by molar-refractivity contribution is 4.91. The predicted octanol–water partition coefficient (Wildman–Crippen LogP) is 1.96. The zero-order chi connectivity index (χ0) is 13.0. The number of nitrogens with zero attached hydrogens (tertiary/aromatic N) is 2. The fraction of sp³-hybridized carbons (Fsp3) is 0.714. The fourth-order valence-corrected chi connectivity index (χ4v) is 3.20. The highest BCUT2D eigenvalue weighted by atomic mass is 16.1. The standard InChI is InChI=1S/C14H23N3O/c1-2-4-11-5-6-12(10-15)13(9-11)17-8-3-7-16-14(17)18/h3,7-8,11-13H,2,4-6,9-10,15H2,1H3. The summed E-state index contributed by atoms with van der Waals surface area (Å²) in [5.41, 5.74) is 5.72. The molecule has 0 aromatic carbocycles. The van der Waals surface area contributed by atoms with Gasteiger partial charge in [-0.2, -0.15) is 0 Å². The van der Waals surface area contributed by atoms with Crippen molar-refractivity contribution in [1.82, 2.24) is 9.55 Å². The van der Waals surface area contributed by atoms with Crippen LogP contribution >= 0.6 is 0 Å². The van der Waals surface area contributed by atoms with Crippen molar-refractivity contribution in [1.29, 1.82) is 0 Å². The van der Waals surface area contributed by atoms with E-state index < -0.39 is 0 Å². The maximum Gasteiger partial charge on any atom is 0.347 e. The number of hydrogen-bond donors (Lipinski definition) is 1. The first-order chi connectivity index (χ1) is 8.76. The van der Waals surface area contributed by atoms with Crippen LogP contribution in [0.1, 0.15) is 45.1 Å². The lowest BCUT2D eigenvalue weighted by molar-refractivity contribution is 0.176. The molecule has 0 amide bonds. The summed E-state index contributed by atoms with van der Waals surface area (Å²) in [5, 5.41) is 0. The molecular formula is C14H23N3O. The third-order valence-electron chi connectivity index (χ3n) is 4.16. The summed E-state index contributed by atoms with van der Waals surface area (Å²) >= 11 is 0. The zero-order valence-electron chi connectivity index (χ0n) is 11.1. The minimum atomic E-state index is -0.141. The maximum absolute atomic E-state index is 11.9. The molecule has 1 saturated carbocycles. The van der Waals surface area contributed by atoms with Gasteiger partial charge in [0.25, 0.3) is 0 Å². The van der Waals surface area contributed by atoms with Gasteiger partial charge in [0.05, 0.1) is 0 Å². The molecule has 2 rings (SSSR count). The fourth-order valence-electron chi connectivity index (χ4n) is 3.20. The summed E-state index contributed by atoms with van der Waals surface area (Å²) in [4.78, 5) is 15.7. The number of hydrogen-bond acceptors (Lipinski definition) is 3. The summed E-state index contributed by atoms with van der Waals surface area (Å²) in [7, 11) is 0. The summed E-state index contributed by atoms with van der Waals surface area (Å²) in [6, 6.07) is 2.07. The quantitative estimate of drug-likeness (QED) is 0.887. The van der Waals surface area contributed by atoms with Crippen molar-refractivity contribution in [2.45, 2.75) is 45.1 Å². The van der Waals surface area contributed by atoms with Crippen molar-refractivity contribution in [2.24, 2.45) is 17.6 Å². The first-order valence-electron chi connectivity index (χ1n) is 6.99. The summed E-state index contributed by atoms with van der Waals surface area (Å²) in [6.07, 6.45) is 9.34. The molecule has 2 N–H and O–H groups in total. The van der Waals surface area contributed by atoms with Crippen LogP contribution in [-0.2, 0) is 0 Å². The molecule has 1 heterocycles. The Morgan fingerprint density at radius 3 is 3.00 bits per heavy atom. The number of nitrogens with two attached hydrogens (primary N) is 1. The van der Waals surface area contributed by atoms with Gasteiger partial charge in [0.2, 0.25) is 0 Å². The molecule has 4 nitrogen and oxygen atoms in total. The van der Waals surface area contributed by atoms with Crippen LogP contribution in [0.5, 0.6) is 0 Å². The van der Waals surface area contributed by atoms with Crippen LogP contribution in [0.3, 0.4) is 0 Å². The second kappa shape index (κ2) is 6.14. The van der Waals surface area contributed by atoms with Crippen LogP contribution in [-0.4, -0.2) is 16.1 Å². The van der Waals surface area contributed by atoms with Crippen molar-refractivity contribution in [3.8, 4) is 0 Å². The van der Waals surface area contributed by atoms with Gasteiger partial charge in [-0.15, -0.1) is 0 Å². The van der Waals surface area contributed by atoms with Gasteiger partial charge >= 0.3 is 5.69 Å². The van der Waals surface area contributed by atoms with Crippen LogP contribution < -0.4 is 11.4 Å². The summed E-state index contributed by atoms with van der Waals surface area (Å²) in [6.45, 7) is 2.88. The molecule has 3 unspecified atom stereocenters. The van der Waals surface area contributed by atoms with E-state index in [4.69, 9.17) is 5.73 Å². The Hall–Kier alpha value is -1.16. The average Bonchev–Trinajstić information content (AvgIpc) is 2.40. The molecule has 100 valence electrons. The van der Waals surface area contributed by atoms with E-state index >= 15 is 0 Å². The van der Waals surface area contributed by atoms with Crippen LogP contribution in [0, 0.1) is 11.8 Å². The highest BCUT2D eigenvalue weighted by Gasteiger charge is 2.30. The maximum atomic E-state index is 11.9. The Kier molecular flexibility index (Phi) is 4.53. The lowest BCUT2D eigenvalue weighted by atomic mass is 9.76. The molecule has 0 aliphatic heterocycles. The molecule has 1 aliphatic rings. The van der Waals surface area contributed by atoms with Gasteiger partial charge in [0.15, 0.2) is 0 Å². The van der Waals surface area contributed by atoms with Crippen LogP contribution in [0.25, 0.3) is 0 Å². The Morgan fingerprint density at radius 1 is 1.50 bits per heavy atom. The SMILES string of the molecule is CCCC1CCC(CN)C(n2cccnc2=O)C1. The molecule has 4 heteroatoms. The average molecular weight is 249 g/mol. The van der Waals surface area contributed by atoms with E-state index in [1.54, 1.807) is 10.8 Å². The van der Waals surface area contributed by atoms with E-state index in [1.165, 1.54) is 19.3 Å². The third-order valence-corrected chi connectivity index (χ3v) is 4.16. The van der Waals surface area contributed by atoms with Crippen LogP contribution in [0.4, 0.5) is 0 Å². The minimum absolute atomic E-state index is 0.141. The van der Waals surface area contributed by atoms with Crippen molar-refractivity contribution in [2.75, 3.05) is 6.54 Å². The van der Waals surface area contributed by atoms with Crippen LogP contribution in [0.2, 0.25) is 0 Å². The normalized spacial score (nSPS) is 28.2. The Bertz CT molecular complexity index is 429. The molecule has 1 aliphatic carbocycles. The van der Waals surface area contributed by atoms with Gasteiger partial charge in [-0.3, -0.25) is 4.57 Å². The zero-order valence-corrected chi connectivity index (χ0v) is 11.1. The van der Waals surface area contributed by atoms with Gasteiger partial charge in [0.1, 0.15) is 0 Å². The number of aromatic nitrogens is 2. The van der Waals surface area contributed by atoms with Gasteiger partial charge in [-0.05, 0) is 43.7 Å². The molecule has 18 heavy (non-hydrogen) atoms. The van der Waals surface area contributed by atoms with Crippen molar-refractivity contribution in [3.63, 3.8) is 0 Å². The molecule has 1 aromatic heterocycles. The molecule has 0 bridgehead atoms. The topological polar surface area (TPSA) is 60.9 Å². The monoisotopic (exact) mass is 249 g/mol. The van der Waals surface area contributed by atoms with Gasteiger partial charge < -0.3 is 5.73 Å². The molecule has 0 saturated heterocycles. The minimum Gasteiger partial charge on any atom is -0.330 e.